The van der Waals surface area contributed by atoms with Crippen LogP contribution in [0.2, 0.25) is 0 Å². The van der Waals surface area contributed by atoms with Crippen molar-refractivity contribution in [3.05, 3.63) is 24.3 Å². The van der Waals surface area contributed by atoms with Gasteiger partial charge >= 0.3 is 0 Å². The number of fused-ring (bicyclic) bond motifs is 2. The highest BCUT2D eigenvalue weighted by molar-refractivity contribution is 7.98. The Labute approximate surface area is 166 Å². The summed E-state index contributed by atoms with van der Waals surface area (Å²) in [6.45, 7) is 0.836. The number of thioether (sulfide) groups is 1. The molecule has 3 fully saturated rings. The third-order valence-electron chi connectivity index (χ3n) is 6.59. The Hall–Kier alpha value is -1.05. The normalized spacial score (nSPS) is 29.1. The number of nitrogens with zero attached hydrogens (tertiary/aromatic N) is 1. The molecule has 2 aliphatic carbocycles. The second kappa shape index (κ2) is 7.76. The molecule has 1 N–H and O–H groups in total. The van der Waals surface area contributed by atoms with E-state index in [4.69, 9.17) is 0 Å². The first-order valence-electron chi connectivity index (χ1n) is 9.92. The summed E-state index contributed by atoms with van der Waals surface area (Å²) in [5.74, 6) is 1.55. The molecule has 1 amide bonds. The topological polar surface area (TPSA) is 66.5 Å². The average Bonchev–Trinajstić information content (AvgIpc) is 3.31. The molecule has 1 aromatic carbocycles. The van der Waals surface area contributed by atoms with Gasteiger partial charge in [0.2, 0.25) is 15.9 Å². The molecule has 3 atom stereocenters. The maximum absolute atomic E-state index is 12.8. The van der Waals surface area contributed by atoms with Crippen molar-refractivity contribution < 1.29 is 13.2 Å². The van der Waals surface area contributed by atoms with Crippen molar-refractivity contribution in [2.24, 2.45) is 17.8 Å². The smallest absolute Gasteiger partial charge is 0.243 e. The number of nitrogens with one attached hydrogen (secondary N) is 1. The zero-order valence-electron chi connectivity index (χ0n) is 15.8. The predicted molar refractivity (Wildman–Crippen MR) is 107 cm³/mol. The van der Waals surface area contributed by atoms with Crippen molar-refractivity contribution in [1.82, 2.24) is 9.62 Å². The van der Waals surface area contributed by atoms with Gasteiger partial charge < -0.3 is 5.32 Å². The summed E-state index contributed by atoms with van der Waals surface area (Å²) < 4.78 is 27.2. The van der Waals surface area contributed by atoms with Crippen LogP contribution >= 0.6 is 11.8 Å². The van der Waals surface area contributed by atoms with Gasteiger partial charge in [0.15, 0.2) is 0 Å². The fourth-order valence-corrected chi connectivity index (χ4v) is 6.86. The lowest BCUT2D eigenvalue weighted by Gasteiger charge is -2.32. The molecule has 0 spiro atoms. The Kier molecular flexibility index (Phi) is 5.54. The zero-order chi connectivity index (χ0) is 19.0. The summed E-state index contributed by atoms with van der Waals surface area (Å²) >= 11 is 1.59. The molecule has 7 heteroatoms. The fourth-order valence-electron chi connectivity index (χ4n) is 4.98. The number of carbonyl (C=O) groups excluding carboxylic acids is 1. The second-order valence-corrected chi connectivity index (χ2v) is 11.0. The summed E-state index contributed by atoms with van der Waals surface area (Å²) in [6.07, 6.45) is 8.17. The van der Waals surface area contributed by atoms with E-state index in [1.54, 1.807) is 23.9 Å². The summed E-state index contributed by atoms with van der Waals surface area (Å²) in [7, 11) is -3.47. The van der Waals surface area contributed by atoms with Crippen LogP contribution in [0.4, 0.5) is 0 Å². The van der Waals surface area contributed by atoms with E-state index in [0.29, 0.717) is 42.8 Å². The third-order valence-corrected chi connectivity index (χ3v) is 9.24. The van der Waals surface area contributed by atoms with Gasteiger partial charge in [-0.2, -0.15) is 4.31 Å². The molecular weight excluding hydrogens is 380 g/mol. The Bertz CT molecular complexity index is 786. The lowest BCUT2D eigenvalue weighted by molar-refractivity contribution is -0.127. The van der Waals surface area contributed by atoms with Gasteiger partial charge in [-0.05, 0) is 74.5 Å². The highest BCUT2D eigenvalue weighted by Gasteiger charge is 2.41. The maximum atomic E-state index is 12.8. The minimum Gasteiger partial charge on any atom is -0.353 e. The van der Waals surface area contributed by atoms with Crippen molar-refractivity contribution in [2.45, 2.75) is 54.4 Å². The van der Waals surface area contributed by atoms with Gasteiger partial charge in [0.1, 0.15) is 0 Å². The first-order valence-corrected chi connectivity index (χ1v) is 12.6. The van der Waals surface area contributed by atoms with Crippen LogP contribution in [0.3, 0.4) is 0 Å². The van der Waals surface area contributed by atoms with Crippen LogP contribution in [0.5, 0.6) is 0 Å². The fraction of sp³-hybridized carbons (Fsp3) is 0.650. The molecule has 0 radical (unpaired) electrons. The number of hydrogen-bond acceptors (Lipinski definition) is 4. The van der Waals surface area contributed by atoms with Crippen molar-refractivity contribution >= 4 is 27.7 Å². The summed E-state index contributed by atoms with van der Waals surface area (Å²) in [5, 5.41) is 3.27. The minimum atomic E-state index is -3.47. The van der Waals surface area contributed by atoms with E-state index in [9.17, 15) is 13.2 Å². The van der Waals surface area contributed by atoms with Gasteiger partial charge in [-0.3, -0.25) is 4.79 Å². The summed E-state index contributed by atoms with van der Waals surface area (Å²) in [4.78, 5) is 14.0. The Balaban J connectivity index is 1.33. The number of amides is 1. The van der Waals surface area contributed by atoms with Crippen LogP contribution < -0.4 is 5.32 Å². The average molecular weight is 409 g/mol. The molecule has 2 bridgehead atoms. The van der Waals surface area contributed by atoms with Gasteiger partial charge in [0, 0.05) is 29.9 Å². The molecule has 27 heavy (non-hydrogen) atoms. The Morgan fingerprint density at radius 3 is 2.33 bits per heavy atom. The standard InChI is InChI=1S/C20H28N2O3S2/c1-26-17-4-6-18(7-5-17)27(24,25)22-10-8-15(9-11-22)20(23)21-19-13-14-2-3-16(19)12-14/h4-7,14-16,19H,2-3,8-13H2,1H3,(H,21,23)/t14-,16-,19-/m0/s1. The van der Waals surface area contributed by atoms with E-state index in [0.717, 1.165) is 17.2 Å². The zero-order valence-corrected chi connectivity index (χ0v) is 17.4. The lowest BCUT2D eigenvalue weighted by Crippen LogP contribution is -2.46. The van der Waals surface area contributed by atoms with Crippen LogP contribution in [-0.4, -0.2) is 44.0 Å². The van der Waals surface area contributed by atoms with Gasteiger partial charge in [0.05, 0.1) is 4.90 Å². The molecule has 2 saturated carbocycles. The molecule has 0 aromatic heterocycles. The van der Waals surface area contributed by atoms with Crippen LogP contribution in [0, 0.1) is 17.8 Å². The number of benzene rings is 1. The number of sulfonamides is 1. The number of piperidine rings is 1. The largest absolute Gasteiger partial charge is 0.353 e. The first kappa shape index (κ1) is 19.3. The Morgan fingerprint density at radius 1 is 1.07 bits per heavy atom. The van der Waals surface area contributed by atoms with Crippen LogP contribution in [0.1, 0.15) is 38.5 Å². The summed E-state index contributed by atoms with van der Waals surface area (Å²) in [6, 6.07) is 7.39. The van der Waals surface area contributed by atoms with E-state index >= 15 is 0 Å². The first-order chi connectivity index (χ1) is 13.0. The molecule has 1 saturated heterocycles. The maximum Gasteiger partial charge on any atom is 0.243 e. The van der Waals surface area contributed by atoms with Gasteiger partial charge in [0.25, 0.3) is 0 Å². The highest BCUT2D eigenvalue weighted by Crippen LogP contribution is 2.44. The van der Waals surface area contributed by atoms with Gasteiger partial charge in [-0.15, -0.1) is 11.8 Å². The molecule has 1 aliphatic heterocycles. The molecule has 5 nitrogen and oxygen atoms in total. The van der Waals surface area contributed by atoms with E-state index in [-0.39, 0.29) is 11.8 Å². The van der Waals surface area contributed by atoms with Crippen LogP contribution in [-0.2, 0) is 14.8 Å². The third kappa shape index (κ3) is 3.91. The quantitative estimate of drug-likeness (QED) is 0.760. The van der Waals surface area contributed by atoms with Crippen molar-refractivity contribution in [3.8, 4) is 0 Å². The Morgan fingerprint density at radius 2 is 1.78 bits per heavy atom. The van der Waals surface area contributed by atoms with E-state index in [2.05, 4.69) is 5.32 Å². The van der Waals surface area contributed by atoms with E-state index in [1.807, 2.05) is 18.4 Å². The van der Waals surface area contributed by atoms with Crippen molar-refractivity contribution in [3.63, 3.8) is 0 Å². The highest BCUT2D eigenvalue weighted by atomic mass is 32.2. The van der Waals surface area contributed by atoms with Crippen molar-refractivity contribution in [1.29, 1.82) is 0 Å². The molecule has 3 aliphatic rings. The number of hydrogen-bond donors (Lipinski definition) is 1. The molecule has 148 valence electrons. The lowest BCUT2D eigenvalue weighted by atomic mass is 9.93. The summed E-state index contributed by atoms with van der Waals surface area (Å²) in [5.41, 5.74) is 0. The van der Waals surface area contributed by atoms with Crippen LogP contribution in [0.25, 0.3) is 0 Å². The number of carbonyl (C=O) groups is 1. The van der Waals surface area contributed by atoms with Gasteiger partial charge in [-0.25, -0.2) is 8.42 Å². The second-order valence-electron chi connectivity index (χ2n) is 8.14. The molecule has 4 rings (SSSR count). The monoisotopic (exact) mass is 408 g/mol. The van der Waals surface area contributed by atoms with Crippen molar-refractivity contribution in [2.75, 3.05) is 19.3 Å². The van der Waals surface area contributed by atoms with E-state index in [1.165, 1.54) is 23.6 Å². The van der Waals surface area contributed by atoms with Gasteiger partial charge in [-0.1, -0.05) is 6.42 Å². The molecule has 1 heterocycles. The predicted octanol–water partition coefficient (Wildman–Crippen LogP) is 3.11. The molecule has 0 unspecified atom stereocenters. The van der Waals surface area contributed by atoms with Crippen LogP contribution in [0.15, 0.2) is 34.1 Å². The number of rotatable bonds is 5. The minimum absolute atomic E-state index is 0.0607. The molecular formula is C20H28N2O3S2. The van der Waals surface area contributed by atoms with E-state index < -0.39 is 10.0 Å². The molecule has 1 aromatic rings. The SMILES string of the molecule is CSc1ccc(S(=O)(=O)N2CCC(C(=O)N[C@H]3C[C@H]4CC[C@H]3C4)CC2)cc1.